The van der Waals surface area contributed by atoms with Crippen LogP contribution in [0.25, 0.3) is 0 Å². The maximum atomic E-state index is 12.5. The standard InChI is InChI=1S/C15H11ClF2N2/c16-12-2-1-3-13(8-12)20-14(9-19)10-4-6-11(7-5-10)15(17)18/h1-8,14-15,20H. The Morgan fingerprint density at radius 3 is 2.25 bits per heavy atom. The smallest absolute Gasteiger partial charge is 0.263 e. The molecule has 0 aliphatic rings. The second-order valence-electron chi connectivity index (χ2n) is 4.18. The molecule has 0 amide bonds. The summed E-state index contributed by atoms with van der Waals surface area (Å²) < 4.78 is 25.0. The summed E-state index contributed by atoms with van der Waals surface area (Å²) in [4.78, 5) is 0. The van der Waals surface area contributed by atoms with Gasteiger partial charge in [-0.2, -0.15) is 5.26 Å². The maximum absolute atomic E-state index is 12.5. The molecule has 5 heteroatoms. The fourth-order valence-corrected chi connectivity index (χ4v) is 1.96. The predicted molar refractivity (Wildman–Crippen MR) is 74.8 cm³/mol. The van der Waals surface area contributed by atoms with E-state index in [0.29, 0.717) is 16.3 Å². The van der Waals surface area contributed by atoms with Crippen molar-refractivity contribution in [2.75, 3.05) is 5.32 Å². The topological polar surface area (TPSA) is 35.8 Å². The van der Waals surface area contributed by atoms with Crippen LogP contribution in [0.4, 0.5) is 14.5 Å². The summed E-state index contributed by atoms with van der Waals surface area (Å²) in [5, 5.41) is 12.8. The molecule has 2 rings (SSSR count). The van der Waals surface area contributed by atoms with Gasteiger partial charge in [0.05, 0.1) is 6.07 Å². The van der Waals surface area contributed by atoms with Crippen molar-refractivity contribution in [2.24, 2.45) is 0 Å². The van der Waals surface area contributed by atoms with E-state index >= 15 is 0 Å². The van der Waals surface area contributed by atoms with Crippen molar-refractivity contribution in [2.45, 2.75) is 12.5 Å². The molecule has 2 aromatic rings. The minimum atomic E-state index is -2.51. The molecule has 0 bridgehead atoms. The summed E-state index contributed by atoms with van der Waals surface area (Å²) in [5.41, 5.74) is 1.26. The number of nitrogens with one attached hydrogen (secondary N) is 1. The van der Waals surface area contributed by atoms with Crippen molar-refractivity contribution in [1.29, 1.82) is 5.26 Å². The third-order valence-electron chi connectivity index (χ3n) is 2.79. The van der Waals surface area contributed by atoms with Crippen molar-refractivity contribution in [1.82, 2.24) is 0 Å². The largest absolute Gasteiger partial charge is 0.366 e. The van der Waals surface area contributed by atoms with Gasteiger partial charge in [0, 0.05) is 16.3 Å². The van der Waals surface area contributed by atoms with Gasteiger partial charge in [-0.25, -0.2) is 8.78 Å². The highest BCUT2D eigenvalue weighted by Crippen LogP contribution is 2.24. The molecule has 1 atom stereocenters. The lowest BCUT2D eigenvalue weighted by Crippen LogP contribution is -2.08. The van der Waals surface area contributed by atoms with Crippen molar-refractivity contribution in [3.63, 3.8) is 0 Å². The number of nitrogens with zero attached hydrogens (tertiary/aromatic N) is 1. The third-order valence-corrected chi connectivity index (χ3v) is 3.02. The fourth-order valence-electron chi connectivity index (χ4n) is 1.77. The fraction of sp³-hybridized carbons (Fsp3) is 0.133. The number of alkyl halides is 2. The van der Waals surface area contributed by atoms with Crippen LogP contribution in [-0.4, -0.2) is 0 Å². The Morgan fingerprint density at radius 1 is 1.05 bits per heavy atom. The van der Waals surface area contributed by atoms with E-state index in [1.807, 2.05) is 0 Å². The zero-order valence-electron chi connectivity index (χ0n) is 10.4. The van der Waals surface area contributed by atoms with Gasteiger partial charge in [0.2, 0.25) is 0 Å². The first kappa shape index (κ1) is 14.3. The van der Waals surface area contributed by atoms with E-state index in [9.17, 15) is 14.0 Å². The lowest BCUT2D eigenvalue weighted by molar-refractivity contribution is 0.151. The van der Waals surface area contributed by atoms with Crippen LogP contribution in [0.5, 0.6) is 0 Å². The van der Waals surface area contributed by atoms with Gasteiger partial charge in [-0.3, -0.25) is 0 Å². The van der Waals surface area contributed by atoms with E-state index in [2.05, 4.69) is 11.4 Å². The van der Waals surface area contributed by atoms with Gasteiger partial charge in [-0.1, -0.05) is 41.9 Å². The first-order valence-electron chi connectivity index (χ1n) is 5.90. The average Bonchev–Trinajstić information content (AvgIpc) is 2.45. The van der Waals surface area contributed by atoms with Gasteiger partial charge in [-0.05, 0) is 23.8 Å². The van der Waals surface area contributed by atoms with Crippen molar-refractivity contribution in [3.8, 4) is 6.07 Å². The van der Waals surface area contributed by atoms with Gasteiger partial charge in [0.25, 0.3) is 6.43 Å². The number of anilines is 1. The third kappa shape index (κ3) is 3.46. The Kier molecular flexibility index (Phi) is 4.54. The van der Waals surface area contributed by atoms with Gasteiger partial charge in [0.1, 0.15) is 6.04 Å². The van der Waals surface area contributed by atoms with Crippen molar-refractivity contribution < 1.29 is 8.78 Å². The molecule has 0 saturated carbocycles. The molecular formula is C15H11ClF2N2. The Bertz CT molecular complexity index is 621. The Hall–Kier alpha value is -2.12. The molecular weight excluding hydrogens is 282 g/mol. The molecule has 0 fully saturated rings. The first-order valence-corrected chi connectivity index (χ1v) is 6.27. The number of hydrogen-bond acceptors (Lipinski definition) is 2. The summed E-state index contributed by atoms with van der Waals surface area (Å²) >= 11 is 5.87. The highest BCUT2D eigenvalue weighted by atomic mass is 35.5. The molecule has 102 valence electrons. The maximum Gasteiger partial charge on any atom is 0.263 e. The van der Waals surface area contributed by atoms with Crippen LogP contribution in [0.15, 0.2) is 48.5 Å². The van der Waals surface area contributed by atoms with Crippen LogP contribution in [0.3, 0.4) is 0 Å². The molecule has 1 unspecified atom stereocenters. The molecule has 2 nitrogen and oxygen atoms in total. The van der Waals surface area contributed by atoms with Crippen molar-refractivity contribution >= 4 is 17.3 Å². The van der Waals surface area contributed by atoms with Gasteiger partial charge in [0.15, 0.2) is 0 Å². The lowest BCUT2D eigenvalue weighted by Gasteiger charge is -2.14. The molecule has 2 aromatic carbocycles. The van der Waals surface area contributed by atoms with Crippen LogP contribution in [0.2, 0.25) is 5.02 Å². The number of halogens is 3. The minimum absolute atomic E-state index is 0.0619. The first-order chi connectivity index (χ1) is 9.60. The number of nitriles is 1. The van der Waals surface area contributed by atoms with Gasteiger partial charge >= 0.3 is 0 Å². The molecule has 0 saturated heterocycles. The molecule has 0 spiro atoms. The monoisotopic (exact) mass is 292 g/mol. The summed E-state index contributed by atoms with van der Waals surface area (Å²) in [6.07, 6.45) is -2.51. The van der Waals surface area contributed by atoms with E-state index in [4.69, 9.17) is 11.6 Å². The van der Waals surface area contributed by atoms with Gasteiger partial charge in [-0.15, -0.1) is 0 Å². The second kappa shape index (κ2) is 6.36. The minimum Gasteiger partial charge on any atom is -0.366 e. The van der Waals surface area contributed by atoms with Crippen LogP contribution < -0.4 is 5.32 Å². The van der Waals surface area contributed by atoms with Crippen LogP contribution in [0, 0.1) is 11.3 Å². The number of rotatable bonds is 4. The predicted octanol–water partition coefficient (Wildman–Crippen LogP) is 4.95. The molecule has 20 heavy (non-hydrogen) atoms. The van der Waals surface area contributed by atoms with Crippen LogP contribution in [-0.2, 0) is 0 Å². The Morgan fingerprint density at radius 2 is 1.70 bits per heavy atom. The van der Waals surface area contributed by atoms with E-state index in [1.165, 1.54) is 24.3 Å². The normalized spacial score (nSPS) is 11.9. The van der Waals surface area contributed by atoms with E-state index in [-0.39, 0.29) is 5.56 Å². The highest BCUT2D eigenvalue weighted by molar-refractivity contribution is 6.30. The van der Waals surface area contributed by atoms with Crippen LogP contribution in [0.1, 0.15) is 23.6 Å². The SMILES string of the molecule is N#CC(Nc1cccc(Cl)c1)c1ccc(C(F)F)cc1. The number of hydrogen-bond donors (Lipinski definition) is 1. The molecule has 0 heterocycles. The molecule has 0 aliphatic heterocycles. The summed E-state index contributed by atoms with van der Waals surface area (Å²) in [6, 6.07) is 14.1. The molecule has 1 N–H and O–H groups in total. The highest BCUT2D eigenvalue weighted by Gasteiger charge is 2.12. The summed E-state index contributed by atoms with van der Waals surface area (Å²) in [5.74, 6) is 0. The Balaban J connectivity index is 2.18. The second-order valence-corrected chi connectivity index (χ2v) is 4.62. The quantitative estimate of drug-likeness (QED) is 0.865. The summed E-state index contributed by atoms with van der Waals surface area (Å²) in [7, 11) is 0. The zero-order valence-corrected chi connectivity index (χ0v) is 11.1. The molecule has 0 aliphatic carbocycles. The van der Waals surface area contributed by atoms with Crippen molar-refractivity contribution in [3.05, 3.63) is 64.7 Å². The molecule has 0 radical (unpaired) electrons. The average molecular weight is 293 g/mol. The van der Waals surface area contributed by atoms with E-state index < -0.39 is 12.5 Å². The number of benzene rings is 2. The summed E-state index contributed by atoms with van der Waals surface area (Å²) in [6.45, 7) is 0. The van der Waals surface area contributed by atoms with Crippen LogP contribution >= 0.6 is 11.6 Å². The lowest BCUT2D eigenvalue weighted by atomic mass is 10.1. The molecule has 0 aromatic heterocycles. The van der Waals surface area contributed by atoms with E-state index in [1.54, 1.807) is 24.3 Å². The Labute approximate surface area is 120 Å². The van der Waals surface area contributed by atoms with Gasteiger partial charge < -0.3 is 5.32 Å². The van der Waals surface area contributed by atoms with E-state index in [0.717, 1.165) is 0 Å². The zero-order chi connectivity index (χ0) is 14.5.